The maximum Gasteiger partial charge on any atom is 0.408 e. The summed E-state index contributed by atoms with van der Waals surface area (Å²) >= 11 is 0. The fraction of sp³-hybridized carbons (Fsp3) is 0.714. The summed E-state index contributed by atoms with van der Waals surface area (Å²) in [4.78, 5) is 46.2. The Hall–Kier alpha value is -2.36. The van der Waals surface area contributed by atoms with Crippen molar-refractivity contribution >= 4 is 23.9 Å². The summed E-state index contributed by atoms with van der Waals surface area (Å²) in [6.07, 6.45) is -0.763. The summed E-state index contributed by atoms with van der Waals surface area (Å²) in [5.74, 6) is -2.12. The van der Waals surface area contributed by atoms with Crippen molar-refractivity contribution in [1.29, 1.82) is 0 Å². The first kappa shape index (κ1) is 21.6. The van der Waals surface area contributed by atoms with E-state index >= 15 is 0 Å². The monoisotopic (exact) mass is 347 g/mol. The lowest BCUT2D eigenvalue weighted by Gasteiger charge is -2.20. The molecule has 0 unspecified atom stereocenters. The van der Waals surface area contributed by atoms with E-state index in [1.165, 1.54) is 6.92 Å². The van der Waals surface area contributed by atoms with Crippen molar-refractivity contribution in [2.75, 3.05) is 20.3 Å². The van der Waals surface area contributed by atoms with Crippen LogP contribution in [0.2, 0.25) is 0 Å². The molecule has 10 nitrogen and oxygen atoms in total. The van der Waals surface area contributed by atoms with E-state index in [4.69, 9.17) is 9.84 Å². The van der Waals surface area contributed by atoms with Crippen molar-refractivity contribution in [3.63, 3.8) is 0 Å². The van der Waals surface area contributed by atoms with E-state index < -0.39 is 48.2 Å². The fourth-order valence-corrected chi connectivity index (χ4v) is 1.44. The molecule has 2 atom stereocenters. The van der Waals surface area contributed by atoms with Crippen molar-refractivity contribution in [2.24, 2.45) is 0 Å². The van der Waals surface area contributed by atoms with Crippen LogP contribution < -0.4 is 16.0 Å². The van der Waals surface area contributed by atoms with Gasteiger partial charge in [-0.2, -0.15) is 0 Å². The maximum atomic E-state index is 11.8. The number of carbonyl (C=O) groups is 4. The Kier molecular flexibility index (Phi) is 8.75. The number of methoxy groups -OCH3 is 1. The predicted octanol–water partition coefficient (Wildman–Crippen LogP) is -1.33. The van der Waals surface area contributed by atoms with Gasteiger partial charge in [0.1, 0.15) is 18.2 Å². The zero-order valence-electron chi connectivity index (χ0n) is 14.5. The van der Waals surface area contributed by atoms with E-state index in [0.29, 0.717) is 0 Å². The Bertz CT molecular complexity index is 473. The van der Waals surface area contributed by atoms with E-state index in [0.717, 1.165) is 7.11 Å². The molecule has 0 aromatic rings. The summed E-state index contributed by atoms with van der Waals surface area (Å²) in [7, 11) is 1.12. The number of amides is 3. The highest BCUT2D eigenvalue weighted by Crippen LogP contribution is 2.06. The zero-order chi connectivity index (χ0) is 18.9. The second-order valence-electron chi connectivity index (χ2n) is 5.91. The first-order chi connectivity index (χ1) is 11.0. The van der Waals surface area contributed by atoms with Crippen molar-refractivity contribution in [3.05, 3.63) is 0 Å². The molecule has 0 bridgehead atoms. The fourth-order valence-electron chi connectivity index (χ4n) is 1.44. The standard InChI is InChI=1S/C14H25N3O7/c1-8(11(20)17-9(7-18)12(21)23-5)16-10(19)6-15-13(22)24-14(2,3)4/h8-9,18H,6-7H2,1-5H3,(H,15,22)(H,16,19)(H,17,20)/t8-,9-/m1/s1. The average molecular weight is 347 g/mol. The lowest BCUT2D eigenvalue weighted by molar-refractivity contribution is -0.146. The van der Waals surface area contributed by atoms with Gasteiger partial charge in [-0.1, -0.05) is 0 Å². The minimum absolute atomic E-state index is 0.382. The van der Waals surface area contributed by atoms with Gasteiger partial charge < -0.3 is 30.5 Å². The van der Waals surface area contributed by atoms with Crippen LogP contribution in [0.3, 0.4) is 0 Å². The van der Waals surface area contributed by atoms with Crippen LogP contribution in [0.5, 0.6) is 0 Å². The first-order valence-corrected chi connectivity index (χ1v) is 7.25. The third-order valence-corrected chi connectivity index (χ3v) is 2.55. The van der Waals surface area contributed by atoms with Crippen molar-refractivity contribution < 1.29 is 33.8 Å². The molecule has 0 saturated heterocycles. The van der Waals surface area contributed by atoms with E-state index in [1.807, 2.05) is 0 Å². The summed E-state index contributed by atoms with van der Waals surface area (Å²) in [6.45, 7) is 5.40. The van der Waals surface area contributed by atoms with Gasteiger partial charge in [-0.25, -0.2) is 9.59 Å². The molecule has 0 radical (unpaired) electrons. The molecule has 0 aliphatic carbocycles. The zero-order valence-corrected chi connectivity index (χ0v) is 14.5. The highest BCUT2D eigenvalue weighted by molar-refractivity contribution is 5.91. The second-order valence-corrected chi connectivity index (χ2v) is 5.91. The van der Waals surface area contributed by atoms with Gasteiger partial charge in [0, 0.05) is 0 Å². The van der Waals surface area contributed by atoms with E-state index in [1.54, 1.807) is 20.8 Å². The third-order valence-electron chi connectivity index (χ3n) is 2.55. The number of alkyl carbamates (subject to hydrolysis) is 1. The molecular weight excluding hydrogens is 322 g/mol. The van der Waals surface area contributed by atoms with Crippen LogP contribution in [0.15, 0.2) is 0 Å². The molecule has 4 N–H and O–H groups in total. The Balaban J connectivity index is 4.32. The first-order valence-electron chi connectivity index (χ1n) is 7.25. The van der Waals surface area contributed by atoms with Crippen LogP contribution in [-0.2, 0) is 23.9 Å². The molecule has 0 aromatic heterocycles. The van der Waals surface area contributed by atoms with Crippen LogP contribution in [0.25, 0.3) is 0 Å². The van der Waals surface area contributed by atoms with Crippen molar-refractivity contribution in [2.45, 2.75) is 45.4 Å². The van der Waals surface area contributed by atoms with Gasteiger partial charge in [0.15, 0.2) is 6.04 Å². The minimum Gasteiger partial charge on any atom is -0.467 e. The van der Waals surface area contributed by atoms with Gasteiger partial charge in [0.25, 0.3) is 0 Å². The summed E-state index contributed by atoms with van der Waals surface area (Å²) in [5.41, 5.74) is -0.694. The van der Waals surface area contributed by atoms with Crippen molar-refractivity contribution in [1.82, 2.24) is 16.0 Å². The number of rotatable bonds is 7. The SMILES string of the molecule is COC(=O)[C@@H](CO)NC(=O)[C@@H](C)NC(=O)CNC(=O)OC(C)(C)C. The largest absolute Gasteiger partial charge is 0.467 e. The van der Waals surface area contributed by atoms with E-state index in [2.05, 4.69) is 20.7 Å². The number of carbonyl (C=O) groups excluding carboxylic acids is 4. The maximum absolute atomic E-state index is 11.8. The second kappa shape index (κ2) is 9.71. The lowest BCUT2D eigenvalue weighted by Crippen LogP contribution is -2.53. The number of nitrogens with one attached hydrogen (secondary N) is 3. The van der Waals surface area contributed by atoms with Gasteiger partial charge in [-0.3, -0.25) is 9.59 Å². The molecule has 0 rings (SSSR count). The van der Waals surface area contributed by atoms with Gasteiger partial charge in [-0.15, -0.1) is 0 Å². The number of hydrogen-bond acceptors (Lipinski definition) is 7. The van der Waals surface area contributed by atoms with Gasteiger partial charge in [0.05, 0.1) is 13.7 Å². The van der Waals surface area contributed by atoms with Gasteiger partial charge in [-0.05, 0) is 27.7 Å². The third kappa shape index (κ3) is 8.93. The molecule has 0 aliphatic heterocycles. The van der Waals surface area contributed by atoms with E-state index in [-0.39, 0.29) is 6.54 Å². The topological polar surface area (TPSA) is 143 Å². The number of aliphatic hydroxyl groups excluding tert-OH is 1. The van der Waals surface area contributed by atoms with Gasteiger partial charge in [0.2, 0.25) is 11.8 Å². The Labute approximate surface area is 140 Å². The van der Waals surface area contributed by atoms with Crippen LogP contribution in [0, 0.1) is 0 Å². The molecule has 0 aliphatic rings. The number of aliphatic hydroxyl groups is 1. The van der Waals surface area contributed by atoms with Crippen LogP contribution in [0.1, 0.15) is 27.7 Å². The molecule has 10 heteroatoms. The Morgan fingerprint density at radius 3 is 2.17 bits per heavy atom. The van der Waals surface area contributed by atoms with Crippen molar-refractivity contribution in [3.8, 4) is 0 Å². The molecule has 0 saturated carbocycles. The summed E-state index contributed by atoms with van der Waals surface area (Å²) in [6, 6.07) is -2.21. The van der Waals surface area contributed by atoms with Gasteiger partial charge >= 0.3 is 12.1 Å². The Morgan fingerprint density at radius 2 is 1.71 bits per heavy atom. The summed E-state index contributed by atoms with van der Waals surface area (Å²) in [5, 5.41) is 15.8. The molecule has 24 heavy (non-hydrogen) atoms. The van der Waals surface area contributed by atoms with Crippen LogP contribution in [0.4, 0.5) is 4.79 Å². The quantitative estimate of drug-likeness (QED) is 0.418. The normalized spacial score (nSPS) is 13.2. The molecule has 0 fully saturated rings. The molecule has 3 amide bonds. The molecular formula is C14H25N3O7. The lowest BCUT2D eigenvalue weighted by atomic mass is 10.2. The minimum atomic E-state index is -1.22. The van der Waals surface area contributed by atoms with E-state index in [9.17, 15) is 19.2 Å². The highest BCUT2D eigenvalue weighted by Gasteiger charge is 2.24. The number of hydrogen-bond donors (Lipinski definition) is 4. The smallest absolute Gasteiger partial charge is 0.408 e. The van der Waals surface area contributed by atoms with Crippen LogP contribution in [-0.4, -0.2) is 66.9 Å². The summed E-state index contributed by atoms with van der Waals surface area (Å²) < 4.78 is 9.37. The number of ether oxygens (including phenoxy) is 2. The Morgan fingerprint density at radius 1 is 1.12 bits per heavy atom. The molecule has 0 heterocycles. The molecule has 138 valence electrons. The molecule has 0 spiro atoms. The number of esters is 1. The highest BCUT2D eigenvalue weighted by atomic mass is 16.6. The van der Waals surface area contributed by atoms with Crippen LogP contribution >= 0.6 is 0 Å². The predicted molar refractivity (Wildman–Crippen MR) is 82.9 cm³/mol. The average Bonchev–Trinajstić information content (AvgIpc) is 2.47. The molecule has 0 aromatic carbocycles.